The van der Waals surface area contributed by atoms with E-state index in [1.807, 2.05) is 67.8 Å². The van der Waals surface area contributed by atoms with Gasteiger partial charge in [-0.05, 0) is 49.1 Å². The molecule has 4 aromatic rings. The molecule has 0 radical (unpaired) electrons. The lowest BCUT2D eigenvalue weighted by Gasteiger charge is -2.13. The van der Waals surface area contributed by atoms with Crippen LogP contribution in [0.4, 0.5) is 0 Å². The first-order chi connectivity index (χ1) is 14.5. The molecule has 152 valence electrons. The number of hydrogen-bond donors (Lipinski definition) is 1. The maximum Gasteiger partial charge on any atom is 0.272 e. The van der Waals surface area contributed by atoms with E-state index in [0.717, 1.165) is 21.7 Å². The molecular weight excluding hydrogens is 437 g/mol. The molecular formula is C23H19Cl2N3OS. The average molecular weight is 456 g/mol. The summed E-state index contributed by atoms with van der Waals surface area (Å²) in [4.78, 5) is 14.1. The number of rotatable bonds is 5. The van der Waals surface area contributed by atoms with Gasteiger partial charge in [0.15, 0.2) is 5.69 Å². The van der Waals surface area contributed by atoms with Gasteiger partial charge in [0, 0.05) is 10.6 Å². The summed E-state index contributed by atoms with van der Waals surface area (Å²) in [5.74, 6) is -0.231. The van der Waals surface area contributed by atoms with E-state index in [2.05, 4.69) is 10.4 Å². The second-order valence-electron chi connectivity index (χ2n) is 6.91. The molecule has 0 aliphatic heterocycles. The Balaban J connectivity index is 1.77. The lowest BCUT2D eigenvalue weighted by Crippen LogP contribution is -2.27. The van der Waals surface area contributed by atoms with E-state index in [1.165, 1.54) is 0 Å². The van der Waals surface area contributed by atoms with Gasteiger partial charge < -0.3 is 5.32 Å². The van der Waals surface area contributed by atoms with Gasteiger partial charge in [0.05, 0.1) is 27.3 Å². The minimum absolute atomic E-state index is 0.146. The smallest absolute Gasteiger partial charge is 0.272 e. The Morgan fingerprint density at radius 3 is 2.53 bits per heavy atom. The molecule has 0 unspecified atom stereocenters. The highest BCUT2D eigenvalue weighted by molar-refractivity contribution is 7.13. The van der Waals surface area contributed by atoms with Gasteiger partial charge in [-0.3, -0.25) is 4.79 Å². The zero-order chi connectivity index (χ0) is 21.3. The molecule has 1 amide bonds. The van der Waals surface area contributed by atoms with Crippen molar-refractivity contribution in [3.05, 3.63) is 92.9 Å². The summed E-state index contributed by atoms with van der Waals surface area (Å²) >= 11 is 14.1. The molecule has 0 bridgehead atoms. The highest BCUT2D eigenvalue weighted by atomic mass is 35.5. The lowest BCUT2D eigenvalue weighted by atomic mass is 10.1. The van der Waals surface area contributed by atoms with Crippen LogP contribution in [0.25, 0.3) is 16.3 Å². The zero-order valence-electron chi connectivity index (χ0n) is 16.4. The van der Waals surface area contributed by atoms with Crippen molar-refractivity contribution in [2.75, 3.05) is 0 Å². The fraction of sp³-hybridized carbons (Fsp3) is 0.130. The minimum Gasteiger partial charge on any atom is -0.344 e. The summed E-state index contributed by atoms with van der Waals surface area (Å²) in [6, 6.07) is 18.9. The Hall–Kier alpha value is -2.60. The first-order valence-electron chi connectivity index (χ1n) is 9.40. The van der Waals surface area contributed by atoms with Crippen LogP contribution in [-0.4, -0.2) is 15.7 Å². The van der Waals surface area contributed by atoms with Crippen LogP contribution in [0.1, 0.15) is 34.6 Å². The maximum absolute atomic E-state index is 13.1. The fourth-order valence-corrected chi connectivity index (χ4v) is 4.63. The number of nitrogens with zero attached hydrogens (tertiary/aromatic N) is 2. The number of aromatic nitrogens is 2. The van der Waals surface area contributed by atoms with Crippen LogP contribution >= 0.6 is 34.5 Å². The van der Waals surface area contributed by atoms with Crippen LogP contribution in [0.3, 0.4) is 0 Å². The van der Waals surface area contributed by atoms with Gasteiger partial charge in [0.1, 0.15) is 0 Å². The molecule has 30 heavy (non-hydrogen) atoms. The van der Waals surface area contributed by atoms with Gasteiger partial charge in [-0.2, -0.15) is 5.10 Å². The molecule has 1 atom stereocenters. The lowest BCUT2D eigenvalue weighted by molar-refractivity contribution is 0.0934. The van der Waals surface area contributed by atoms with Crippen LogP contribution in [0, 0.1) is 6.92 Å². The molecule has 0 saturated carbocycles. The normalized spacial score (nSPS) is 12.0. The summed E-state index contributed by atoms with van der Waals surface area (Å²) in [6.07, 6.45) is 0. The standard InChI is InChI=1S/C23H19Cl2N3OS/c1-14-21(23(29)26-15(2)16-7-4-3-5-8-16)27-28(22(14)20-9-6-12-30-20)19-11-10-17(24)13-18(19)25/h3-13,15H,1-2H3,(H,26,29)/t15-/m1/s1. The van der Waals surface area contributed by atoms with Crippen molar-refractivity contribution in [1.82, 2.24) is 15.1 Å². The van der Waals surface area contributed by atoms with Gasteiger partial charge in [-0.15, -0.1) is 11.3 Å². The molecule has 0 aliphatic rings. The molecule has 4 nitrogen and oxygen atoms in total. The van der Waals surface area contributed by atoms with E-state index >= 15 is 0 Å². The molecule has 1 N–H and O–H groups in total. The molecule has 0 fully saturated rings. The number of halogens is 2. The molecule has 4 rings (SSSR count). The molecule has 0 spiro atoms. The third-order valence-electron chi connectivity index (χ3n) is 4.88. The van der Waals surface area contributed by atoms with Crippen molar-refractivity contribution in [3.8, 4) is 16.3 Å². The largest absolute Gasteiger partial charge is 0.344 e. The fourth-order valence-electron chi connectivity index (χ4n) is 3.33. The molecule has 0 saturated heterocycles. The third-order valence-corrected chi connectivity index (χ3v) is 6.29. The third kappa shape index (κ3) is 4.01. The number of benzene rings is 2. The van der Waals surface area contributed by atoms with Crippen molar-refractivity contribution < 1.29 is 4.79 Å². The van der Waals surface area contributed by atoms with E-state index in [4.69, 9.17) is 23.2 Å². The molecule has 2 aromatic heterocycles. The summed E-state index contributed by atoms with van der Waals surface area (Å²) in [7, 11) is 0. The van der Waals surface area contributed by atoms with Crippen molar-refractivity contribution in [2.24, 2.45) is 0 Å². The van der Waals surface area contributed by atoms with Crippen LogP contribution in [-0.2, 0) is 0 Å². The maximum atomic E-state index is 13.1. The molecule has 0 aliphatic carbocycles. The quantitative estimate of drug-likeness (QED) is 0.363. The monoisotopic (exact) mass is 455 g/mol. The van der Waals surface area contributed by atoms with Crippen molar-refractivity contribution in [2.45, 2.75) is 19.9 Å². The highest BCUT2D eigenvalue weighted by Gasteiger charge is 2.24. The SMILES string of the molecule is Cc1c(C(=O)N[C@H](C)c2ccccc2)nn(-c2ccc(Cl)cc2Cl)c1-c1cccs1. The van der Waals surface area contributed by atoms with Gasteiger partial charge in [0.2, 0.25) is 0 Å². The van der Waals surface area contributed by atoms with Crippen molar-refractivity contribution >= 4 is 40.4 Å². The van der Waals surface area contributed by atoms with E-state index in [0.29, 0.717) is 21.4 Å². The van der Waals surface area contributed by atoms with E-state index < -0.39 is 0 Å². The van der Waals surface area contributed by atoms with E-state index in [9.17, 15) is 4.79 Å². The van der Waals surface area contributed by atoms with Crippen LogP contribution in [0.2, 0.25) is 10.0 Å². The number of carbonyl (C=O) groups is 1. The number of carbonyl (C=O) groups excluding carboxylic acids is 1. The van der Waals surface area contributed by atoms with Gasteiger partial charge in [-0.1, -0.05) is 59.6 Å². The summed E-state index contributed by atoms with van der Waals surface area (Å²) in [5, 5.41) is 10.7. The Labute approximate surface area is 189 Å². The average Bonchev–Trinajstić information content (AvgIpc) is 3.36. The van der Waals surface area contributed by atoms with Crippen molar-refractivity contribution in [1.29, 1.82) is 0 Å². The number of nitrogens with one attached hydrogen (secondary N) is 1. The Morgan fingerprint density at radius 1 is 1.10 bits per heavy atom. The summed E-state index contributed by atoms with van der Waals surface area (Å²) in [6.45, 7) is 3.86. The van der Waals surface area contributed by atoms with E-state index in [1.54, 1.807) is 28.2 Å². The Bertz CT molecular complexity index is 1190. The van der Waals surface area contributed by atoms with Gasteiger partial charge >= 0.3 is 0 Å². The summed E-state index contributed by atoms with van der Waals surface area (Å²) in [5.41, 5.74) is 3.70. The number of amides is 1. The van der Waals surface area contributed by atoms with Crippen LogP contribution < -0.4 is 5.32 Å². The first kappa shape index (κ1) is 20.7. The predicted octanol–water partition coefficient (Wildman–Crippen LogP) is 6.71. The second-order valence-corrected chi connectivity index (χ2v) is 8.70. The number of hydrogen-bond acceptors (Lipinski definition) is 3. The summed E-state index contributed by atoms with van der Waals surface area (Å²) < 4.78 is 1.72. The minimum atomic E-state index is -0.231. The Morgan fingerprint density at radius 2 is 1.87 bits per heavy atom. The Kier molecular flexibility index (Phi) is 5.95. The zero-order valence-corrected chi connectivity index (χ0v) is 18.7. The van der Waals surface area contributed by atoms with Gasteiger partial charge in [0.25, 0.3) is 5.91 Å². The molecule has 2 heterocycles. The predicted molar refractivity (Wildman–Crippen MR) is 124 cm³/mol. The highest BCUT2D eigenvalue weighted by Crippen LogP contribution is 2.34. The van der Waals surface area contributed by atoms with Gasteiger partial charge in [-0.25, -0.2) is 4.68 Å². The van der Waals surface area contributed by atoms with Crippen LogP contribution in [0.5, 0.6) is 0 Å². The first-order valence-corrected chi connectivity index (χ1v) is 11.0. The topological polar surface area (TPSA) is 46.9 Å². The number of thiophene rings is 1. The van der Waals surface area contributed by atoms with Crippen LogP contribution in [0.15, 0.2) is 66.0 Å². The second kappa shape index (κ2) is 8.64. The van der Waals surface area contributed by atoms with Crippen molar-refractivity contribution in [3.63, 3.8) is 0 Å². The molecule has 2 aromatic carbocycles. The van der Waals surface area contributed by atoms with E-state index in [-0.39, 0.29) is 11.9 Å². The molecule has 7 heteroatoms.